The first-order valence-corrected chi connectivity index (χ1v) is 6.50. The third-order valence-electron chi connectivity index (χ3n) is 2.99. The summed E-state index contributed by atoms with van der Waals surface area (Å²) in [5.74, 6) is -0.675. The topological polar surface area (TPSA) is 64.3 Å². The molecule has 0 spiro atoms. The van der Waals surface area contributed by atoms with Gasteiger partial charge in [-0.1, -0.05) is 11.6 Å². The number of hydrogen-bond acceptors (Lipinski definition) is 3. The van der Waals surface area contributed by atoms with Crippen LogP contribution in [0, 0.1) is 12.7 Å². The monoisotopic (exact) mass is 308 g/mol. The molecule has 0 aliphatic carbocycles. The van der Waals surface area contributed by atoms with Gasteiger partial charge >= 0.3 is 0 Å². The molecule has 0 atom stereocenters. The Morgan fingerprint density at radius 2 is 2.05 bits per heavy atom. The number of rotatable bonds is 3. The van der Waals surface area contributed by atoms with Crippen molar-refractivity contribution in [2.75, 3.05) is 18.2 Å². The van der Waals surface area contributed by atoms with E-state index < -0.39 is 11.7 Å². The Bertz CT molecular complexity index is 704. The second-order valence-electron chi connectivity index (χ2n) is 4.49. The molecule has 0 aliphatic rings. The van der Waals surface area contributed by atoms with Crippen LogP contribution in [0.1, 0.15) is 15.9 Å². The molecule has 6 heteroatoms. The van der Waals surface area contributed by atoms with Gasteiger partial charge in [-0.05, 0) is 36.8 Å². The van der Waals surface area contributed by atoms with Crippen molar-refractivity contribution in [3.8, 4) is 5.75 Å². The van der Waals surface area contributed by atoms with Crippen LogP contribution in [0.25, 0.3) is 0 Å². The van der Waals surface area contributed by atoms with E-state index in [2.05, 4.69) is 5.32 Å². The number of carbonyl (C=O) groups is 1. The highest BCUT2D eigenvalue weighted by Gasteiger charge is 2.13. The minimum atomic E-state index is -0.637. The van der Waals surface area contributed by atoms with Crippen LogP contribution >= 0.6 is 11.6 Å². The average molecular weight is 309 g/mol. The largest absolute Gasteiger partial charge is 0.495 e. The Hall–Kier alpha value is -2.27. The number of halogens is 2. The van der Waals surface area contributed by atoms with Gasteiger partial charge in [0.1, 0.15) is 11.6 Å². The molecular weight excluding hydrogens is 295 g/mol. The van der Waals surface area contributed by atoms with Gasteiger partial charge in [0, 0.05) is 16.7 Å². The Labute approximate surface area is 126 Å². The second kappa shape index (κ2) is 6.01. The second-order valence-corrected chi connectivity index (χ2v) is 4.90. The molecule has 110 valence electrons. The molecule has 1 amide bonds. The number of nitrogen functional groups attached to an aromatic ring is 1. The molecule has 0 heterocycles. The lowest BCUT2D eigenvalue weighted by Crippen LogP contribution is -2.13. The standard InChI is InChI=1S/C15H14ClFN2O2/c1-8-5-13(14(21-2)7-10(8)16)19-15(20)9-3-4-12(18)11(17)6-9/h3-7H,18H2,1-2H3,(H,19,20). The first-order chi connectivity index (χ1) is 9.92. The maximum Gasteiger partial charge on any atom is 0.255 e. The van der Waals surface area contributed by atoms with Crippen molar-refractivity contribution in [1.82, 2.24) is 0 Å². The van der Waals surface area contributed by atoms with E-state index in [1.54, 1.807) is 19.1 Å². The lowest BCUT2D eigenvalue weighted by molar-refractivity contribution is 0.102. The van der Waals surface area contributed by atoms with Crippen LogP contribution in [-0.4, -0.2) is 13.0 Å². The number of nitrogens with two attached hydrogens (primary N) is 1. The van der Waals surface area contributed by atoms with E-state index in [9.17, 15) is 9.18 Å². The number of methoxy groups -OCH3 is 1. The predicted octanol–water partition coefficient (Wildman–Crippen LogP) is 3.63. The van der Waals surface area contributed by atoms with E-state index in [-0.39, 0.29) is 11.3 Å². The Morgan fingerprint density at radius 3 is 2.67 bits per heavy atom. The summed E-state index contributed by atoms with van der Waals surface area (Å²) < 4.78 is 18.6. The van der Waals surface area contributed by atoms with Crippen LogP contribution in [0.5, 0.6) is 5.75 Å². The summed E-state index contributed by atoms with van der Waals surface area (Å²) in [5, 5.41) is 3.19. The first kappa shape index (κ1) is 15.1. The SMILES string of the molecule is COc1cc(Cl)c(C)cc1NC(=O)c1ccc(N)c(F)c1. The van der Waals surface area contributed by atoms with Crippen LogP contribution in [0.15, 0.2) is 30.3 Å². The summed E-state index contributed by atoms with van der Waals surface area (Å²) in [6, 6.07) is 7.17. The summed E-state index contributed by atoms with van der Waals surface area (Å²) >= 11 is 6.00. The molecule has 0 aliphatic heterocycles. The van der Waals surface area contributed by atoms with Crippen LogP contribution < -0.4 is 15.8 Å². The van der Waals surface area contributed by atoms with Crippen LogP contribution in [-0.2, 0) is 0 Å². The highest BCUT2D eigenvalue weighted by Crippen LogP contribution is 2.31. The number of nitrogens with one attached hydrogen (secondary N) is 1. The van der Waals surface area contributed by atoms with Crippen molar-refractivity contribution in [3.63, 3.8) is 0 Å². The molecule has 0 unspecified atom stereocenters. The molecule has 2 rings (SSSR count). The van der Waals surface area contributed by atoms with Gasteiger partial charge in [0.05, 0.1) is 18.5 Å². The van der Waals surface area contributed by atoms with E-state index in [4.69, 9.17) is 22.1 Å². The third kappa shape index (κ3) is 3.25. The van der Waals surface area contributed by atoms with Crippen molar-refractivity contribution < 1.29 is 13.9 Å². The molecular formula is C15H14ClFN2O2. The summed E-state index contributed by atoms with van der Waals surface area (Å²) in [6.07, 6.45) is 0. The average Bonchev–Trinajstić information content (AvgIpc) is 2.45. The molecule has 3 N–H and O–H groups in total. The molecule has 0 aromatic heterocycles. The summed E-state index contributed by atoms with van der Waals surface area (Å²) in [7, 11) is 1.47. The van der Waals surface area contributed by atoms with Crippen LogP contribution in [0.4, 0.5) is 15.8 Å². The zero-order chi connectivity index (χ0) is 15.6. The number of benzene rings is 2. The van der Waals surface area contributed by atoms with Crippen molar-refractivity contribution in [1.29, 1.82) is 0 Å². The lowest BCUT2D eigenvalue weighted by atomic mass is 10.1. The summed E-state index contributed by atoms with van der Waals surface area (Å²) in [5.41, 5.74) is 6.79. The molecule has 0 saturated heterocycles. The Morgan fingerprint density at radius 1 is 1.33 bits per heavy atom. The quantitative estimate of drug-likeness (QED) is 0.851. The predicted molar refractivity (Wildman–Crippen MR) is 81.5 cm³/mol. The van der Waals surface area contributed by atoms with Crippen molar-refractivity contribution in [2.24, 2.45) is 0 Å². The Balaban J connectivity index is 2.31. The molecule has 4 nitrogen and oxygen atoms in total. The fourth-order valence-corrected chi connectivity index (χ4v) is 1.95. The fraction of sp³-hybridized carbons (Fsp3) is 0.133. The van der Waals surface area contributed by atoms with Gasteiger partial charge in [-0.2, -0.15) is 0 Å². The van der Waals surface area contributed by atoms with Crippen LogP contribution in [0.3, 0.4) is 0 Å². The maximum absolute atomic E-state index is 13.4. The molecule has 0 bridgehead atoms. The van der Waals surface area contributed by atoms with Gasteiger partial charge < -0.3 is 15.8 Å². The van der Waals surface area contributed by atoms with Gasteiger partial charge in [0.2, 0.25) is 0 Å². The van der Waals surface area contributed by atoms with Gasteiger partial charge in [-0.15, -0.1) is 0 Å². The van der Waals surface area contributed by atoms with E-state index in [0.29, 0.717) is 16.5 Å². The highest BCUT2D eigenvalue weighted by atomic mass is 35.5. The zero-order valence-corrected chi connectivity index (χ0v) is 12.3. The minimum Gasteiger partial charge on any atom is -0.495 e. The molecule has 0 radical (unpaired) electrons. The molecule has 21 heavy (non-hydrogen) atoms. The minimum absolute atomic E-state index is 0.00790. The molecule has 0 fully saturated rings. The molecule has 0 saturated carbocycles. The van der Waals surface area contributed by atoms with Crippen molar-refractivity contribution in [3.05, 3.63) is 52.3 Å². The van der Waals surface area contributed by atoms with Crippen molar-refractivity contribution >= 4 is 28.9 Å². The number of hydrogen-bond donors (Lipinski definition) is 2. The number of anilines is 2. The number of amides is 1. The van der Waals surface area contributed by atoms with Crippen molar-refractivity contribution in [2.45, 2.75) is 6.92 Å². The van der Waals surface area contributed by atoms with E-state index in [1.807, 2.05) is 0 Å². The molecule has 2 aromatic rings. The smallest absolute Gasteiger partial charge is 0.255 e. The van der Waals surface area contributed by atoms with E-state index in [1.165, 1.54) is 19.2 Å². The lowest BCUT2D eigenvalue weighted by Gasteiger charge is -2.12. The Kier molecular flexibility index (Phi) is 4.33. The van der Waals surface area contributed by atoms with Gasteiger partial charge in [-0.3, -0.25) is 4.79 Å². The highest BCUT2D eigenvalue weighted by molar-refractivity contribution is 6.31. The van der Waals surface area contributed by atoms with Gasteiger partial charge in [-0.25, -0.2) is 4.39 Å². The molecule has 2 aromatic carbocycles. The van der Waals surface area contributed by atoms with Crippen LogP contribution in [0.2, 0.25) is 5.02 Å². The van der Waals surface area contributed by atoms with E-state index >= 15 is 0 Å². The zero-order valence-electron chi connectivity index (χ0n) is 11.5. The maximum atomic E-state index is 13.4. The first-order valence-electron chi connectivity index (χ1n) is 6.13. The summed E-state index contributed by atoms with van der Waals surface area (Å²) in [4.78, 5) is 12.1. The summed E-state index contributed by atoms with van der Waals surface area (Å²) in [6.45, 7) is 1.81. The number of aryl methyl sites for hydroxylation is 1. The third-order valence-corrected chi connectivity index (χ3v) is 3.40. The number of ether oxygens (including phenoxy) is 1. The fourth-order valence-electron chi connectivity index (χ4n) is 1.79. The van der Waals surface area contributed by atoms with E-state index in [0.717, 1.165) is 11.6 Å². The normalized spacial score (nSPS) is 10.3. The van der Waals surface area contributed by atoms with Gasteiger partial charge in [0.15, 0.2) is 0 Å². The number of carbonyl (C=O) groups excluding carboxylic acids is 1. The van der Waals surface area contributed by atoms with Gasteiger partial charge in [0.25, 0.3) is 5.91 Å².